The summed E-state index contributed by atoms with van der Waals surface area (Å²) in [6, 6.07) is 18.7. The molecule has 0 radical (unpaired) electrons. The van der Waals surface area contributed by atoms with Gasteiger partial charge in [0.2, 0.25) is 0 Å². The number of rotatable bonds is 12. The Kier molecular flexibility index (Phi) is 9.58. The maximum atomic E-state index is 12.4. The molecule has 4 nitrogen and oxygen atoms in total. The molecule has 0 amide bonds. The predicted molar refractivity (Wildman–Crippen MR) is 131 cm³/mol. The highest BCUT2D eigenvalue weighted by molar-refractivity contribution is 5.35. The van der Waals surface area contributed by atoms with Gasteiger partial charge in [0, 0.05) is 25.6 Å². The van der Waals surface area contributed by atoms with Crippen LogP contribution in [0.5, 0.6) is 5.75 Å². The van der Waals surface area contributed by atoms with Gasteiger partial charge in [-0.15, -0.1) is 0 Å². The SMILES string of the molecule is CCCCOc1ccc(C(O)(CCC(C)C)C(CN2CCOCC2)c2ccccc2)cc1. The summed E-state index contributed by atoms with van der Waals surface area (Å²) in [6.07, 6.45) is 3.87. The van der Waals surface area contributed by atoms with E-state index in [0.717, 1.165) is 76.5 Å². The molecule has 4 heteroatoms. The van der Waals surface area contributed by atoms with E-state index < -0.39 is 5.60 Å². The molecule has 1 aliphatic heterocycles. The van der Waals surface area contributed by atoms with E-state index in [0.29, 0.717) is 5.92 Å². The third-order valence-electron chi connectivity index (χ3n) is 6.55. The maximum Gasteiger partial charge on any atom is 0.119 e. The van der Waals surface area contributed by atoms with Crippen LogP contribution in [0, 0.1) is 5.92 Å². The van der Waals surface area contributed by atoms with Crippen molar-refractivity contribution < 1.29 is 14.6 Å². The van der Waals surface area contributed by atoms with Crippen molar-refractivity contribution >= 4 is 0 Å². The van der Waals surface area contributed by atoms with Crippen molar-refractivity contribution in [3.63, 3.8) is 0 Å². The van der Waals surface area contributed by atoms with E-state index in [9.17, 15) is 5.11 Å². The smallest absolute Gasteiger partial charge is 0.119 e. The van der Waals surface area contributed by atoms with Gasteiger partial charge >= 0.3 is 0 Å². The number of ether oxygens (including phenoxy) is 2. The quantitative estimate of drug-likeness (QED) is 0.437. The summed E-state index contributed by atoms with van der Waals surface area (Å²) in [5.41, 5.74) is 1.21. The lowest BCUT2D eigenvalue weighted by molar-refractivity contribution is -0.0311. The second kappa shape index (κ2) is 12.4. The van der Waals surface area contributed by atoms with E-state index in [1.807, 2.05) is 18.2 Å². The Hall–Kier alpha value is -1.88. The molecule has 0 spiro atoms. The first kappa shape index (κ1) is 24.8. The Morgan fingerprint density at radius 1 is 1.03 bits per heavy atom. The predicted octanol–water partition coefficient (Wildman–Crippen LogP) is 5.61. The summed E-state index contributed by atoms with van der Waals surface area (Å²) in [6.45, 7) is 11.5. The van der Waals surface area contributed by atoms with Gasteiger partial charge in [-0.25, -0.2) is 0 Å². The van der Waals surface area contributed by atoms with Crippen molar-refractivity contribution in [2.75, 3.05) is 39.5 Å². The van der Waals surface area contributed by atoms with Crippen LogP contribution in [0.15, 0.2) is 54.6 Å². The summed E-state index contributed by atoms with van der Waals surface area (Å²) in [4.78, 5) is 2.43. The normalized spacial score (nSPS) is 17.8. The van der Waals surface area contributed by atoms with Crippen LogP contribution in [0.4, 0.5) is 0 Å². The minimum atomic E-state index is -0.953. The van der Waals surface area contributed by atoms with Crippen LogP contribution in [0.2, 0.25) is 0 Å². The van der Waals surface area contributed by atoms with Crippen molar-refractivity contribution in [3.05, 3.63) is 65.7 Å². The fourth-order valence-electron chi connectivity index (χ4n) is 4.46. The zero-order chi connectivity index (χ0) is 22.8. The summed E-state index contributed by atoms with van der Waals surface area (Å²) in [7, 11) is 0. The molecule has 1 aliphatic rings. The van der Waals surface area contributed by atoms with E-state index in [4.69, 9.17) is 9.47 Å². The van der Waals surface area contributed by atoms with Crippen molar-refractivity contribution in [1.29, 1.82) is 0 Å². The maximum absolute atomic E-state index is 12.4. The lowest BCUT2D eigenvalue weighted by Crippen LogP contribution is -2.45. The lowest BCUT2D eigenvalue weighted by Gasteiger charge is -2.41. The number of aliphatic hydroxyl groups is 1. The molecular weight excluding hydrogens is 398 g/mol. The molecule has 0 bridgehead atoms. The zero-order valence-electron chi connectivity index (χ0n) is 20.1. The van der Waals surface area contributed by atoms with Gasteiger partial charge in [-0.3, -0.25) is 4.90 Å². The van der Waals surface area contributed by atoms with Gasteiger partial charge in [-0.1, -0.05) is 69.7 Å². The highest BCUT2D eigenvalue weighted by Gasteiger charge is 2.40. The molecule has 1 heterocycles. The molecular formula is C28H41NO3. The first-order valence-electron chi connectivity index (χ1n) is 12.3. The number of nitrogens with zero attached hydrogens (tertiary/aromatic N) is 1. The van der Waals surface area contributed by atoms with Crippen molar-refractivity contribution in [2.24, 2.45) is 5.92 Å². The van der Waals surface area contributed by atoms with Crippen LogP contribution < -0.4 is 4.74 Å². The molecule has 176 valence electrons. The first-order valence-corrected chi connectivity index (χ1v) is 12.3. The van der Waals surface area contributed by atoms with Crippen LogP contribution in [0.3, 0.4) is 0 Å². The van der Waals surface area contributed by atoms with E-state index in [1.165, 1.54) is 5.56 Å². The minimum absolute atomic E-state index is 0.0209. The fourth-order valence-corrected chi connectivity index (χ4v) is 4.46. The van der Waals surface area contributed by atoms with Crippen molar-refractivity contribution in [3.8, 4) is 5.75 Å². The highest BCUT2D eigenvalue weighted by Crippen LogP contribution is 2.42. The molecule has 2 atom stereocenters. The van der Waals surface area contributed by atoms with Gasteiger partial charge in [0.1, 0.15) is 5.75 Å². The van der Waals surface area contributed by atoms with Crippen LogP contribution >= 0.6 is 0 Å². The third-order valence-corrected chi connectivity index (χ3v) is 6.55. The molecule has 2 aromatic carbocycles. The molecule has 1 N–H and O–H groups in total. The van der Waals surface area contributed by atoms with Crippen LogP contribution in [0.25, 0.3) is 0 Å². The van der Waals surface area contributed by atoms with Gasteiger partial charge < -0.3 is 14.6 Å². The average molecular weight is 440 g/mol. The van der Waals surface area contributed by atoms with E-state index in [2.05, 4.69) is 62.1 Å². The molecule has 0 saturated carbocycles. The molecule has 2 aromatic rings. The van der Waals surface area contributed by atoms with Gasteiger partial charge in [-0.05, 0) is 48.4 Å². The molecule has 1 saturated heterocycles. The number of benzene rings is 2. The summed E-state index contributed by atoms with van der Waals surface area (Å²) in [5, 5.41) is 12.4. The number of hydrogen-bond acceptors (Lipinski definition) is 4. The second-order valence-electron chi connectivity index (χ2n) is 9.46. The Balaban J connectivity index is 1.92. The number of unbranched alkanes of at least 4 members (excludes halogenated alkanes) is 1. The largest absolute Gasteiger partial charge is 0.494 e. The Morgan fingerprint density at radius 3 is 2.34 bits per heavy atom. The summed E-state index contributed by atoms with van der Waals surface area (Å²) < 4.78 is 11.4. The number of hydrogen-bond donors (Lipinski definition) is 1. The topological polar surface area (TPSA) is 41.9 Å². The van der Waals surface area contributed by atoms with Gasteiger partial charge in [0.15, 0.2) is 0 Å². The Labute approximate surface area is 194 Å². The van der Waals surface area contributed by atoms with Crippen LogP contribution in [0.1, 0.15) is 63.5 Å². The minimum Gasteiger partial charge on any atom is -0.494 e. The molecule has 32 heavy (non-hydrogen) atoms. The molecule has 3 rings (SSSR count). The third kappa shape index (κ3) is 6.81. The number of morpholine rings is 1. The Morgan fingerprint density at radius 2 is 1.72 bits per heavy atom. The molecule has 2 unspecified atom stereocenters. The fraction of sp³-hybridized carbons (Fsp3) is 0.571. The Bertz CT molecular complexity index is 771. The van der Waals surface area contributed by atoms with Crippen molar-refractivity contribution in [2.45, 2.75) is 58.0 Å². The van der Waals surface area contributed by atoms with E-state index in [-0.39, 0.29) is 5.92 Å². The van der Waals surface area contributed by atoms with E-state index >= 15 is 0 Å². The second-order valence-corrected chi connectivity index (χ2v) is 9.46. The van der Waals surface area contributed by atoms with Gasteiger partial charge in [-0.2, -0.15) is 0 Å². The summed E-state index contributed by atoms with van der Waals surface area (Å²) >= 11 is 0. The molecule has 1 fully saturated rings. The van der Waals surface area contributed by atoms with Gasteiger partial charge in [0.25, 0.3) is 0 Å². The van der Waals surface area contributed by atoms with Gasteiger partial charge in [0.05, 0.1) is 25.4 Å². The average Bonchev–Trinajstić information content (AvgIpc) is 2.83. The zero-order valence-corrected chi connectivity index (χ0v) is 20.1. The van der Waals surface area contributed by atoms with Crippen LogP contribution in [-0.2, 0) is 10.3 Å². The summed E-state index contributed by atoms with van der Waals surface area (Å²) in [5.74, 6) is 1.38. The molecule has 0 aliphatic carbocycles. The van der Waals surface area contributed by atoms with Crippen LogP contribution in [-0.4, -0.2) is 49.5 Å². The monoisotopic (exact) mass is 439 g/mol. The van der Waals surface area contributed by atoms with Crippen molar-refractivity contribution in [1.82, 2.24) is 4.90 Å². The first-order chi connectivity index (χ1) is 15.5. The standard InChI is InChI=1S/C28H41NO3/c1-4-5-19-32-26-13-11-25(12-14-26)28(30,16-15-23(2)3)27(24-9-7-6-8-10-24)22-29-17-20-31-21-18-29/h6-14,23,27,30H,4-5,15-22H2,1-3H3. The van der Waals surface area contributed by atoms with E-state index in [1.54, 1.807) is 0 Å². The molecule has 0 aromatic heterocycles. The lowest BCUT2D eigenvalue weighted by atomic mass is 9.73. The highest BCUT2D eigenvalue weighted by atomic mass is 16.5.